The zero-order valence-electron chi connectivity index (χ0n) is 10.5. The molecule has 0 heterocycles. The minimum atomic E-state index is -1.46. The number of carbonyl (C=O) groups excluding carboxylic acids is 2. The summed E-state index contributed by atoms with van der Waals surface area (Å²) in [5.41, 5.74) is 5.54. The van der Waals surface area contributed by atoms with E-state index >= 15 is 0 Å². The van der Waals surface area contributed by atoms with Gasteiger partial charge in [0.05, 0.1) is 17.2 Å². The highest BCUT2D eigenvalue weighted by molar-refractivity contribution is 9.10. The minimum Gasteiger partial charge on any atom is -0.464 e. The Morgan fingerprint density at radius 3 is 2.70 bits per heavy atom. The lowest BCUT2D eigenvalue weighted by Crippen LogP contribution is -2.43. The van der Waals surface area contributed by atoms with Crippen LogP contribution in [0.4, 0.5) is 11.4 Å². The van der Waals surface area contributed by atoms with Crippen molar-refractivity contribution in [3.05, 3.63) is 32.8 Å². The van der Waals surface area contributed by atoms with Gasteiger partial charge >= 0.3 is 5.97 Å². The Morgan fingerprint density at radius 2 is 2.20 bits per heavy atom. The number of benzene rings is 1. The van der Waals surface area contributed by atoms with E-state index in [9.17, 15) is 19.7 Å². The quantitative estimate of drug-likeness (QED) is 0.357. The Morgan fingerprint density at radius 1 is 1.55 bits per heavy atom. The summed E-state index contributed by atoms with van der Waals surface area (Å²) in [5, 5.41) is 13.0. The molecule has 1 amide bonds. The molecule has 0 saturated heterocycles. The number of nitro groups is 1. The van der Waals surface area contributed by atoms with Crippen molar-refractivity contribution >= 4 is 39.2 Å². The molecule has 0 aliphatic heterocycles. The van der Waals surface area contributed by atoms with E-state index in [-0.39, 0.29) is 18.0 Å². The first-order valence-electron chi connectivity index (χ1n) is 5.53. The third-order valence-corrected chi connectivity index (χ3v) is 2.90. The minimum absolute atomic E-state index is 0.112. The third kappa shape index (κ3) is 4.00. The monoisotopic (exact) mass is 345 g/mol. The number of anilines is 1. The normalized spacial score (nSPS) is 11.6. The second-order valence-corrected chi connectivity index (χ2v) is 4.49. The lowest BCUT2D eigenvalue weighted by atomic mass is 10.2. The molecule has 108 valence electrons. The lowest BCUT2D eigenvalue weighted by Gasteiger charge is -2.12. The number of amides is 1. The fourth-order valence-corrected chi connectivity index (χ4v) is 1.73. The summed E-state index contributed by atoms with van der Waals surface area (Å²) in [4.78, 5) is 33.0. The van der Waals surface area contributed by atoms with Gasteiger partial charge in [-0.25, -0.2) is 4.79 Å². The van der Waals surface area contributed by atoms with Gasteiger partial charge in [0, 0.05) is 16.6 Å². The highest BCUT2D eigenvalue weighted by Crippen LogP contribution is 2.27. The topological polar surface area (TPSA) is 125 Å². The molecular weight excluding hydrogens is 334 g/mol. The van der Waals surface area contributed by atoms with Crippen LogP contribution in [0, 0.1) is 10.1 Å². The second-order valence-electron chi connectivity index (χ2n) is 3.64. The van der Waals surface area contributed by atoms with Crippen molar-refractivity contribution in [3.8, 4) is 0 Å². The molecule has 0 saturated carbocycles. The van der Waals surface area contributed by atoms with Gasteiger partial charge in [0.25, 0.3) is 11.6 Å². The van der Waals surface area contributed by atoms with Gasteiger partial charge in [0.15, 0.2) is 6.04 Å². The van der Waals surface area contributed by atoms with E-state index in [4.69, 9.17) is 5.73 Å². The summed E-state index contributed by atoms with van der Waals surface area (Å²) in [6.45, 7) is 1.70. The fraction of sp³-hybridized carbons (Fsp3) is 0.273. The van der Waals surface area contributed by atoms with E-state index in [1.807, 2.05) is 0 Å². The Kier molecular flexibility index (Phi) is 5.59. The number of nitrogens with zero attached hydrogens (tertiary/aromatic N) is 1. The van der Waals surface area contributed by atoms with Gasteiger partial charge in [-0.05, 0) is 28.9 Å². The van der Waals surface area contributed by atoms with E-state index in [1.165, 1.54) is 18.2 Å². The SMILES string of the molecule is CCOC(=O)C(N)C(=O)Nc1ccc([N+](=O)[O-])cc1Br. The summed E-state index contributed by atoms with van der Waals surface area (Å²) >= 11 is 3.08. The van der Waals surface area contributed by atoms with Crippen LogP contribution in [0.1, 0.15) is 6.92 Å². The summed E-state index contributed by atoms with van der Waals surface area (Å²) < 4.78 is 4.92. The van der Waals surface area contributed by atoms with Crippen LogP contribution in [-0.4, -0.2) is 29.4 Å². The molecule has 1 atom stereocenters. The number of rotatable bonds is 5. The van der Waals surface area contributed by atoms with Crippen molar-refractivity contribution in [2.75, 3.05) is 11.9 Å². The van der Waals surface area contributed by atoms with E-state index in [0.717, 1.165) is 0 Å². The summed E-state index contributed by atoms with van der Waals surface area (Å²) in [6.07, 6.45) is 0. The van der Waals surface area contributed by atoms with E-state index in [0.29, 0.717) is 4.47 Å². The van der Waals surface area contributed by atoms with Crippen LogP contribution >= 0.6 is 15.9 Å². The zero-order valence-corrected chi connectivity index (χ0v) is 12.0. The van der Waals surface area contributed by atoms with Crippen LogP contribution in [0.5, 0.6) is 0 Å². The summed E-state index contributed by atoms with van der Waals surface area (Å²) in [7, 11) is 0. The van der Waals surface area contributed by atoms with Crippen molar-refractivity contribution in [3.63, 3.8) is 0 Å². The molecule has 0 bridgehead atoms. The van der Waals surface area contributed by atoms with Crippen LogP contribution < -0.4 is 11.1 Å². The van der Waals surface area contributed by atoms with Crippen LogP contribution in [0.15, 0.2) is 22.7 Å². The molecule has 0 fully saturated rings. The number of carbonyl (C=O) groups is 2. The van der Waals surface area contributed by atoms with Gasteiger partial charge in [0.2, 0.25) is 0 Å². The smallest absolute Gasteiger partial charge is 0.332 e. The first kappa shape index (κ1) is 16.1. The highest BCUT2D eigenvalue weighted by atomic mass is 79.9. The van der Waals surface area contributed by atoms with Crippen LogP contribution in [0.3, 0.4) is 0 Å². The van der Waals surface area contributed by atoms with Crippen LogP contribution in [0.2, 0.25) is 0 Å². The number of halogens is 1. The van der Waals surface area contributed by atoms with E-state index in [1.54, 1.807) is 6.92 Å². The molecule has 0 aliphatic carbocycles. The van der Waals surface area contributed by atoms with Crippen LogP contribution in [-0.2, 0) is 14.3 Å². The van der Waals surface area contributed by atoms with Gasteiger partial charge in [-0.3, -0.25) is 14.9 Å². The third-order valence-electron chi connectivity index (χ3n) is 2.24. The first-order valence-corrected chi connectivity index (χ1v) is 6.33. The summed E-state index contributed by atoms with van der Waals surface area (Å²) in [5.74, 6) is -1.61. The van der Waals surface area contributed by atoms with Gasteiger partial charge < -0.3 is 15.8 Å². The Bertz CT molecular complexity index is 549. The fourth-order valence-electron chi connectivity index (χ4n) is 1.27. The Hall–Kier alpha value is -2.00. The van der Waals surface area contributed by atoms with Crippen molar-refractivity contribution in [1.82, 2.24) is 0 Å². The molecule has 1 unspecified atom stereocenters. The van der Waals surface area contributed by atoms with E-state index < -0.39 is 22.8 Å². The standard InChI is InChI=1S/C11H12BrN3O5/c1-2-20-11(17)9(13)10(16)14-8-4-3-6(15(18)19)5-7(8)12/h3-5,9H,2,13H2,1H3,(H,14,16). The van der Waals surface area contributed by atoms with Crippen molar-refractivity contribution < 1.29 is 19.2 Å². The molecule has 0 aliphatic rings. The number of nitrogens with two attached hydrogens (primary N) is 1. The molecular formula is C11H12BrN3O5. The molecule has 1 rings (SSSR count). The number of nitrogens with one attached hydrogen (secondary N) is 1. The second kappa shape index (κ2) is 6.96. The van der Waals surface area contributed by atoms with E-state index in [2.05, 4.69) is 26.0 Å². The molecule has 3 N–H and O–H groups in total. The van der Waals surface area contributed by atoms with Gasteiger partial charge in [0.1, 0.15) is 0 Å². The number of ether oxygens (including phenoxy) is 1. The Balaban J connectivity index is 2.81. The van der Waals surface area contributed by atoms with Gasteiger partial charge in [-0.15, -0.1) is 0 Å². The average Bonchev–Trinajstić information content (AvgIpc) is 2.40. The number of nitro benzene ring substituents is 1. The average molecular weight is 346 g/mol. The summed E-state index contributed by atoms with van der Waals surface area (Å²) in [6, 6.07) is 2.32. The predicted octanol–water partition coefficient (Wildman–Crippen LogP) is 1.19. The molecule has 9 heteroatoms. The number of non-ortho nitro benzene ring substituents is 1. The highest BCUT2D eigenvalue weighted by Gasteiger charge is 2.24. The molecule has 1 aromatic rings. The largest absolute Gasteiger partial charge is 0.464 e. The van der Waals surface area contributed by atoms with Crippen molar-refractivity contribution in [2.24, 2.45) is 5.73 Å². The van der Waals surface area contributed by atoms with Crippen LogP contribution in [0.25, 0.3) is 0 Å². The zero-order chi connectivity index (χ0) is 15.3. The number of esters is 1. The first-order chi connectivity index (χ1) is 9.36. The maximum atomic E-state index is 11.7. The predicted molar refractivity (Wildman–Crippen MR) is 74.0 cm³/mol. The van der Waals surface area contributed by atoms with Crippen molar-refractivity contribution in [1.29, 1.82) is 0 Å². The molecule has 0 spiro atoms. The molecule has 1 aromatic carbocycles. The Labute approximate surface area is 122 Å². The molecule has 0 aromatic heterocycles. The van der Waals surface area contributed by atoms with Crippen molar-refractivity contribution in [2.45, 2.75) is 13.0 Å². The molecule has 8 nitrogen and oxygen atoms in total. The number of hydrogen-bond donors (Lipinski definition) is 2. The maximum Gasteiger partial charge on any atom is 0.332 e. The number of hydrogen-bond acceptors (Lipinski definition) is 6. The van der Waals surface area contributed by atoms with Gasteiger partial charge in [-0.2, -0.15) is 0 Å². The molecule has 20 heavy (non-hydrogen) atoms. The van der Waals surface area contributed by atoms with Gasteiger partial charge in [-0.1, -0.05) is 0 Å². The maximum absolute atomic E-state index is 11.7. The molecule has 0 radical (unpaired) electrons. The lowest BCUT2D eigenvalue weighted by molar-refractivity contribution is -0.384.